The van der Waals surface area contributed by atoms with Crippen LogP contribution in [0.15, 0.2) is 144 Å². The number of nitrogens with zero attached hydrogens (tertiary/aromatic N) is 5. The van der Waals surface area contributed by atoms with Crippen molar-refractivity contribution in [2.24, 2.45) is 21.5 Å². The van der Waals surface area contributed by atoms with Crippen LogP contribution in [-0.2, 0) is 20.6 Å². The molecule has 0 aliphatic carbocycles. The smallest absolute Gasteiger partial charge is 0.387 e. The van der Waals surface area contributed by atoms with Gasteiger partial charge >= 0.3 is 6.61 Å². The molecular weight excluding hydrogens is 733 g/mol. The van der Waals surface area contributed by atoms with Crippen LogP contribution >= 0.6 is 0 Å². The van der Waals surface area contributed by atoms with Crippen molar-refractivity contribution < 1.29 is 32.5 Å². The molecular formula is C43H39F2N7O5. The van der Waals surface area contributed by atoms with Gasteiger partial charge in [0.15, 0.2) is 11.1 Å². The highest BCUT2D eigenvalue weighted by molar-refractivity contribution is 5.77. The van der Waals surface area contributed by atoms with Gasteiger partial charge in [-0.05, 0) is 82.8 Å². The second-order valence-electron chi connectivity index (χ2n) is 13.0. The number of aromatic nitrogens is 3. The summed E-state index contributed by atoms with van der Waals surface area (Å²) in [6, 6.07) is 32.3. The fourth-order valence-electron chi connectivity index (χ4n) is 6.74. The molecule has 8 rings (SSSR count). The third-order valence-electron chi connectivity index (χ3n) is 9.52. The first-order valence-electron chi connectivity index (χ1n) is 17.9. The number of alkyl halides is 2. The van der Waals surface area contributed by atoms with Crippen LogP contribution in [0.2, 0.25) is 0 Å². The summed E-state index contributed by atoms with van der Waals surface area (Å²) in [5.41, 5.74) is 17.5. The Balaban J connectivity index is 0.000000174. The van der Waals surface area contributed by atoms with Crippen LogP contribution < -0.4 is 25.7 Å². The number of hydrogen-bond donors (Lipinski definition) is 2. The highest BCUT2D eigenvalue weighted by atomic mass is 19.3. The van der Waals surface area contributed by atoms with Crippen LogP contribution in [0.1, 0.15) is 29.2 Å². The third-order valence-corrected chi connectivity index (χ3v) is 9.52. The molecule has 4 aromatic carbocycles. The SMILES string of the molecule is CCOc1ccc(C2(c3cccc(-c4cncc(OC)c4)c3)COC(N)=N2)cc1.NC1=NC(c2ccc(OC(F)F)cc2)(c2cccc(-c3cncnc3)c2)CO1. The molecule has 0 saturated heterocycles. The van der Waals surface area contributed by atoms with Gasteiger partial charge in [-0.2, -0.15) is 8.78 Å². The van der Waals surface area contributed by atoms with Crippen molar-refractivity contribution in [2.75, 3.05) is 26.9 Å². The number of aliphatic imine (C=N–C) groups is 2. The van der Waals surface area contributed by atoms with E-state index < -0.39 is 17.7 Å². The maximum atomic E-state index is 12.4. The second kappa shape index (κ2) is 16.7. The molecule has 0 bridgehead atoms. The van der Waals surface area contributed by atoms with Gasteiger partial charge in [-0.1, -0.05) is 60.7 Å². The lowest BCUT2D eigenvalue weighted by Gasteiger charge is -2.26. The highest BCUT2D eigenvalue weighted by Crippen LogP contribution is 2.41. The predicted octanol–water partition coefficient (Wildman–Crippen LogP) is 7.08. The first-order valence-corrected chi connectivity index (χ1v) is 17.9. The van der Waals surface area contributed by atoms with E-state index in [1.54, 1.807) is 37.8 Å². The zero-order valence-corrected chi connectivity index (χ0v) is 31.1. The van der Waals surface area contributed by atoms with Gasteiger partial charge in [0, 0.05) is 29.7 Å². The molecule has 4 heterocycles. The molecule has 0 fully saturated rings. The lowest BCUT2D eigenvalue weighted by atomic mass is 9.83. The number of rotatable bonds is 11. The first kappa shape index (κ1) is 38.2. The fraction of sp³-hybridized carbons (Fsp3) is 0.186. The molecule has 12 nitrogen and oxygen atoms in total. The van der Waals surface area contributed by atoms with Crippen LogP contribution in [0.4, 0.5) is 8.78 Å². The summed E-state index contributed by atoms with van der Waals surface area (Å²) in [5.74, 6) is 1.60. The number of halogens is 2. The normalized spacial score (nSPS) is 18.3. The molecule has 2 unspecified atom stereocenters. The van der Waals surface area contributed by atoms with Gasteiger partial charge in [0.2, 0.25) is 0 Å². The largest absolute Gasteiger partial charge is 0.495 e. The van der Waals surface area contributed by atoms with E-state index in [0.717, 1.165) is 50.3 Å². The molecule has 0 saturated carbocycles. The van der Waals surface area contributed by atoms with Crippen molar-refractivity contribution in [3.63, 3.8) is 0 Å². The molecule has 57 heavy (non-hydrogen) atoms. The Morgan fingerprint density at radius 3 is 1.63 bits per heavy atom. The fourth-order valence-corrected chi connectivity index (χ4v) is 6.74. The number of amidine groups is 2. The van der Waals surface area contributed by atoms with Crippen molar-refractivity contribution in [3.05, 3.63) is 156 Å². The van der Waals surface area contributed by atoms with Crippen molar-refractivity contribution in [1.82, 2.24) is 15.0 Å². The lowest BCUT2D eigenvalue weighted by molar-refractivity contribution is -0.0498. The molecule has 2 aliphatic rings. The minimum Gasteiger partial charge on any atom is -0.495 e. The van der Waals surface area contributed by atoms with E-state index >= 15 is 0 Å². The lowest BCUT2D eigenvalue weighted by Crippen LogP contribution is -2.27. The van der Waals surface area contributed by atoms with Crippen LogP contribution in [0.5, 0.6) is 17.2 Å². The zero-order chi connectivity index (χ0) is 39.8. The number of benzene rings is 4. The molecule has 6 aromatic rings. The van der Waals surface area contributed by atoms with Gasteiger partial charge in [-0.3, -0.25) is 4.98 Å². The van der Waals surface area contributed by atoms with Crippen molar-refractivity contribution >= 4 is 12.0 Å². The number of methoxy groups -OCH3 is 1. The highest BCUT2D eigenvalue weighted by Gasteiger charge is 2.41. The molecule has 4 N–H and O–H groups in total. The van der Waals surface area contributed by atoms with Crippen LogP contribution in [0.3, 0.4) is 0 Å². The summed E-state index contributed by atoms with van der Waals surface area (Å²) < 4.78 is 51.2. The summed E-state index contributed by atoms with van der Waals surface area (Å²) in [6.07, 6.45) is 8.41. The Kier molecular flexibility index (Phi) is 11.2. The summed E-state index contributed by atoms with van der Waals surface area (Å²) >= 11 is 0. The molecule has 2 aromatic heterocycles. The number of ether oxygens (including phenoxy) is 5. The summed E-state index contributed by atoms with van der Waals surface area (Å²) in [4.78, 5) is 21.6. The van der Waals surface area contributed by atoms with E-state index in [2.05, 4.69) is 30.7 Å². The van der Waals surface area contributed by atoms with Crippen molar-refractivity contribution in [2.45, 2.75) is 24.6 Å². The predicted molar refractivity (Wildman–Crippen MR) is 211 cm³/mol. The van der Waals surface area contributed by atoms with Gasteiger partial charge in [-0.15, -0.1) is 0 Å². The van der Waals surface area contributed by atoms with Gasteiger partial charge in [0.1, 0.15) is 36.8 Å². The van der Waals surface area contributed by atoms with Crippen LogP contribution in [0, 0.1) is 0 Å². The van der Waals surface area contributed by atoms with E-state index in [-0.39, 0.29) is 24.4 Å². The molecule has 2 aliphatic heterocycles. The molecule has 290 valence electrons. The standard InChI is InChI=1S/C23H23N3O3.C20H16F2N4O2/c1-3-28-20-9-7-18(8-10-20)23(15-29-22(24)26-23)19-6-4-5-16(11-19)17-12-21(27-2)14-25-13-17;21-18(22)28-17-6-4-15(5-7-17)20(11-27-19(23)26-20)16-3-1-2-13(8-16)14-9-24-12-25-10-14/h4-14H,3,15H2,1-2H3,(H2,24,26);1-10,12,18H,11H2,(H2,23,26). The Morgan fingerprint density at radius 1 is 0.614 bits per heavy atom. The Labute approximate surface area is 327 Å². The quantitative estimate of drug-likeness (QED) is 0.139. The maximum absolute atomic E-state index is 12.4. The Morgan fingerprint density at radius 2 is 1.14 bits per heavy atom. The average Bonchev–Trinajstić information content (AvgIpc) is 3.86. The molecule has 0 amide bonds. The van der Waals surface area contributed by atoms with Crippen LogP contribution in [-0.4, -0.2) is 60.5 Å². The summed E-state index contributed by atoms with van der Waals surface area (Å²) in [5, 5.41) is 0. The second-order valence-corrected chi connectivity index (χ2v) is 13.0. The minimum absolute atomic E-state index is 0.0694. The van der Waals surface area contributed by atoms with Crippen molar-refractivity contribution in [1.29, 1.82) is 0 Å². The third kappa shape index (κ3) is 8.29. The van der Waals surface area contributed by atoms with E-state index in [0.29, 0.717) is 19.0 Å². The van der Waals surface area contributed by atoms with Gasteiger partial charge < -0.3 is 35.2 Å². The topological polar surface area (TPSA) is 162 Å². The average molecular weight is 772 g/mol. The number of hydrogen-bond acceptors (Lipinski definition) is 12. The van der Waals surface area contributed by atoms with Gasteiger partial charge in [-0.25, -0.2) is 20.0 Å². The number of pyridine rings is 1. The minimum atomic E-state index is -2.88. The van der Waals surface area contributed by atoms with Crippen LogP contribution in [0.25, 0.3) is 22.3 Å². The van der Waals surface area contributed by atoms with Gasteiger partial charge in [0.05, 0.1) is 19.9 Å². The molecule has 14 heteroatoms. The first-order chi connectivity index (χ1) is 27.7. The maximum Gasteiger partial charge on any atom is 0.387 e. The monoisotopic (exact) mass is 771 g/mol. The summed E-state index contributed by atoms with van der Waals surface area (Å²) in [6.45, 7) is 0.238. The molecule has 0 radical (unpaired) electrons. The van der Waals surface area contributed by atoms with E-state index in [4.69, 9.17) is 35.4 Å². The number of nitrogens with two attached hydrogens (primary N) is 2. The van der Waals surface area contributed by atoms with E-state index in [1.807, 2.05) is 85.9 Å². The Bertz CT molecular complexity index is 2370. The molecule has 2 atom stereocenters. The Hall–Kier alpha value is -7.09. The van der Waals surface area contributed by atoms with Gasteiger partial charge in [0.25, 0.3) is 12.0 Å². The zero-order valence-electron chi connectivity index (χ0n) is 31.1. The van der Waals surface area contributed by atoms with Crippen molar-refractivity contribution in [3.8, 4) is 39.5 Å². The summed E-state index contributed by atoms with van der Waals surface area (Å²) in [7, 11) is 1.63. The van der Waals surface area contributed by atoms with E-state index in [9.17, 15) is 8.78 Å². The van der Waals surface area contributed by atoms with E-state index in [1.165, 1.54) is 18.5 Å². The molecule has 0 spiro atoms.